The topological polar surface area (TPSA) is 67.4 Å². The summed E-state index contributed by atoms with van der Waals surface area (Å²) >= 11 is 0. The largest absolute Gasteiger partial charge is 0.411 e. The number of carbonyl (C=O) groups is 2. The maximum Gasteiger partial charge on any atom is 0.411 e. The number of nitrogens with one attached hydrogen (secondary N) is 2. The molecule has 0 heterocycles. The van der Waals surface area contributed by atoms with Gasteiger partial charge >= 0.3 is 6.18 Å². The molecule has 0 radical (unpaired) electrons. The van der Waals surface area contributed by atoms with Gasteiger partial charge in [0.25, 0.3) is 5.91 Å². The zero-order valence-electron chi connectivity index (χ0n) is 15.8. The normalized spacial score (nSPS) is 11.3. The molecular formula is C22H19F3N2O3. The summed E-state index contributed by atoms with van der Waals surface area (Å²) in [5, 5.41) is 1.98. The van der Waals surface area contributed by atoms with Crippen molar-refractivity contribution in [2.24, 2.45) is 0 Å². The molecule has 3 aromatic rings. The summed E-state index contributed by atoms with van der Waals surface area (Å²) in [4.78, 5) is 24.4. The lowest BCUT2D eigenvalue weighted by atomic mass is 10.0. The van der Waals surface area contributed by atoms with E-state index in [9.17, 15) is 22.8 Å². The summed E-state index contributed by atoms with van der Waals surface area (Å²) in [5.41, 5.74) is 6.28. The fraction of sp³-hybridized carbons (Fsp3) is 0.182. The Hall–Kier alpha value is -3.39. The SMILES string of the molecule is O=C(Cc1cccc2ccccc12)NNC(=O)c1ccc(COCC(F)(F)F)cc1. The number of hydrazine groups is 1. The van der Waals surface area contributed by atoms with Crippen LogP contribution in [0.25, 0.3) is 10.8 Å². The van der Waals surface area contributed by atoms with Gasteiger partial charge in [-0.2, -0.15) is 13.2 Å². The van der Waals surface area contributed by atoms with Crippen LogP contribution in [0.1, 0.15) is 21.5 Å². The Morgan fingerprint density at radius 3 is 2.30 bits per heavy atom. The molecule has 0 aliphatic heterocycles. The predicted molar refractivity (Wildman–Crippen MR) is 105 cm³/mol. The molecule has 3 aromatic carbocycles. The molecule has 8 heteroatoms. The summed E-state index contributed by atoms with van der Waals surface area (Å²) in [7, 11) is 0. The molecule has 0 aromatic heterocycles. The van der Waals surface area contributed by atoms with E-state index in [1.54, 1.807) is 0 Å². The Morgan fingerprint density at radius 1 is 0.867 bits per heavy atom. The summed E-state index contributed by atoms with van der Waals surface area (Å²) in [6.45, 7) is -1.55. The van der Waals surface area contributed by atoms with Crippen molar-refractivity contribution in [2.75, 3.05) is 6.61 Å². The van der Waals surface area contributed by atoms with E-state index in [2.05, 4.69) is 15.6 Å². The Kier molecular flexibility index (Phi) is 6.68. The first-order valence-corrected chi connectivity index (χ1v) is 9.11. The smallest absolute Gasteiger partial charge is 0.367 e. The highest BCUT2D eigenvalue weighted by atomic mass is 19.4. The van der Waals surface area contributed by atoms with Crippen LogP contribution in [-0.4, -0.2) is 24.6 Å². The van der Waals surface area contributed by atoms with E-state index in [0.29, 0.717) is 5.56 Å². The fourth-order valence-corrected chi connectivity index (χ4v) is 2.90. The summed E-state index contributed by atoms with van der Waals surface area (Å²) in [5.74, 6) is -0.916. The standard InChI is InChI=1S/C22H19F3N2O3/c23-22(24,25)14-30-13-15-8-10-17(11-9-15)21(29)27-26-20(28)12-18-6-3-5-16-4-1-2-7-19(16)18/h1-11H,12-14H2,(H,26,28)(H,27,29). The van der Waals surface area contributed by atoms with Crippen molar-refractivity contribution < 1.29 is 27.5 Å². The first-order valence-electron chi connectivity index (χ1n) is 9.11. The van der Waals surface area contributed by atoms with Crippen molar-refractivity contribution in [1.82, 2.24) is 10.9 Å². The molecule has 2 amide bonds. The van der Waals surface area contributed by atoms with Gasteiger partial charge in [-0.05, 0) is 34.0 Å². The molecule has 0 spiro atoms. The second-order valence-electron chi connectivity index (χ2n) is 6.62. The molecule has 30 heavy (non-hydrogen) atoms. The third kappa shape index (κ3) is 6.05. The lowest BCUT2D eigenvalue weighted by Gasteiger charge is -2.10. The minimum absolute atomic E-state index is 0.0944. The van der Waals surface area contributed by atoms with E-state index in [1.807, 2.05) is 42.5 Å². The van der Waals surface area contributed by atoms with E-state index in [-0.39, 0.29) is 24.5 Å². The Labute approximate surface area is 170 Å². The third-order valence-corrected chi connectivity index (χ3v) is 4.30. The second kappa shape index (κ2) is 9.41. The van der Waals surface area contributed by atoms with Gasteiger partial charge in [0, 0.05) is 5.56 Å². The molecule has 0 aliphatic rings. The summed E-state index contributed by atoms with van der Waals surface area (Å²) < 4.78 is 40.8. The van der Waals surface area contributed by atoms with E-state index in [0.717, 1.165) is 16.3 Å². The number of carbonyl (C=O) groups excluding carboxylic acids is 2. The molecule has 0 bridgehead atoms. The van der Waals surface area contributed by atoms with Gasteiger partial charge in [0.15, 0.2) is 0 Å². The van der Waals surface area contributed by atoms with Crippen LogP contribution in [0.3, 0.4) is 0 Å². The van der Waals surface area contributed by atoms with Crippen molar-refractivity contribution in [2.45, 2.75) is 19.2 Å². The monoisotopic (exact) mass is 416 g/mol. The van der Waals surface area contributed by atoms with Crippen molar-refractivity contribution >= 4 is 22.6 Å². The van der Waals surface area contributed by atoms with E-state index in [4.69, 9.17) is 0 Å². The Morgan fingerprint density at radius 2 is 1.57 bits per heavy atom. The van der Waals surface area contributed by atoms with Crippen molar-refractivity contribution in [3.05, 3.63) is 83.4 Å². The van der Waals surface area contributed by atoms with Crippen LogP contribution >= 0.6 is 0 Å². The van der Waals surface area contributed by atoms with Gasteiger partial charge in [-0.25, -0.2) is 0 Å². The maximum atomic E-state index is 12.2. The first kappa shape index (κ1) is 21.3. The molecular weight excluding hydrogens is 397 g/mol. The average molecular weight is 416 g/mol. The van der Waals surface area contributed by atoms with Crippen LogP contribution in [0.15, 0.2) is 66.7 Å². The van der Waals surface area contributed by atoms with Gasteiger partial charge < -0.3 is 4.74 Å². The number of amides is 2. The minimum atomic E-state index is -4.38. The zero-order chi connectivity index (χ0) is 21.6. The summed E-state index contributed by atoms with van der Waals surface area (Å²) in [6.07, 6.45) is -4.29. The van der Waals surface area contributed by atoms with Crippen LogP contribution < -0.4 is 10.9 Å². The number of benzene rings is 3. The molecule has 0 saturated carbocycles. The minimum Gasteiger partial charge on any atom is -0.367 e. The van der Waals surface area contributed by atoms with Crippen LogP contribution in [0, 0.1) is 0 Å². The van der Waals surface area contributed by atoms with Crippen LogP contribution in [0.2, 0.25) is 0 Å². The van der Waals surface area contributed by atoms with Gasteiger partial charge in [-0.1, -0.05) is 54.6 Å². The highest BCUT2D eigenvalue weighted by molar-refractivity contribution is 5.96. The number of halogens is 3. The van der Waals surface area contributed by atoms with Gasteiger partial charge in [-0.3, -0.25) is 20.4 Å². The molecule has 0 atom stereocenters. The lowest BCUT2D eigenvalue weighted by molar-refractivity contribution is -0.176. The first-order chi connectivity index (χ1) is 14.3. The van der Waals surface area contributed by atoms with E-state index < -0.39 is 18.7 Å². The number of hydrogen-bond donors (Lipinski definition) is 2. The molecule has 156 valence electrons. The molecule has 0 aliphatic carbocycles. The number of rotatable bonds is 6. The molecule has 3 rings (SSSR count). The molecule has 2 N–H and O–H groups in total. The highest BCUT2D eigenvalue weighted by Gasteiger charge is 2.27. The molecule has 0 unspecified atom stereocenters. The van der Waals surface area contributed by atoms with Gasteiger partial charge in [0.2, 0.25) is 5.91 Å². The average Bonchev–Trinajstić information content (AvgIpc) is 2.72. The second-order valence-corrected chi connectivity index (χ2v) is 6.62. The zero-order valence-corrected chi connectivity index (χ0v) is 15.8. The lowest BCUT2D eigenvalue weighted by Crippen LogP contribution is -2.42. The number of hydrogen-bond acceptors (Lipinski definition) is 3. The fourth-order valence-electron chi connectivity index (χ4n) is 2.90. The summed E-state index contributed by atoms with van der Waals surface area (Å²) in [6, 6.07) is 19.2. The Bertz CT molecular complexity index is 1030. The van der Waals surface area contributed by atoms with Crippen molar-refractivity contribution in [1.29, 1.82) is 0 Å². The van der Waals surface area contributed by atoms with Crippen LogP contribution in [0.5, 0.6) is 0 Å². The number of alkyl halides is 3. The molecule has 5 nitrogen and oxygen atoms in total. The number of fused-ring (bicyclic) bond motifs is 1. The van der Waals surface area contributed by atoms with Crippen LogP contribution in [0.4, 0.5) is 13.2 Å². The van der Waals surface area contributed by atoms with Crippen molar-refractivity contribution in [3.8, 4) is 0 Å². The maximum absolute atomic E-state index is 12.2. The van der Waals surface area contributed by atoms with E-state index >= 15 is 0 Å². The predicted octanol–water partition coefficient (Wildman–Crippen LogP) is 3.92. The van der Waals surface area contributed by atoms with Gasteiger partial charge in [-0.15, -0.1) is 0 Å². The van der Waals surface area contributed by atoms with Crippen LogP contribution in [-0.2, 0) is 22.6 Å². The van der Waals surface area contributed by atoms with Gasteiger partial charge in [0.05, 0.1) is 13.0 Å². The quantitative estimate of drug-likeness (QED) is 0.599. The van der Waals surface area contributed by atoms with E-state index in [1.165, 1.54) is 24.3 Å². The molecule has 0 saturated heterocycles. The van der Waals surface area contributed by atoms with Crippen molar-refractivity contribution in [3.63, 3.8) is 0 Å². The van der Waals surface area contributed by atoms with Gasteiger partial charge in [0.1, 0.15) is 6.61 Å². The molecule has 0 fully saturated rings. The number of ether oxygens (including phenoxy) is 1. The third-order valence-electron chi connectivity index (χ3n) is 4.30. The Balaban J connectivity index is 1.50. The highest BCUT2D eigenvalue weighted by Crippen LogP contribution is 2.19.